The number of piperidine rings is 1. The number of aryl methyl sites for hydroxylation is 1. The summed E-state index contributed by atoms with van der Waals surface area (Å²) in [6, 6.07) is 1.90. The maximum Gasteiger partial charge on any atom is 0.280 e. The first-order valence-corrected chi connectivity index (χ1v) is 13.3. The Morgan fingerprint density at radius 2 is 2.03 bits per heavy atom. The monoisotopic (exact) mass is 501 g/mol. The van der Waals surface area contributed by atoms with Crippen molar-refractivity contribution in [2.24, 2.45) is 0 Å². The number of aromatic nitrogens is 2. The van der Waals surface area contributed by atoms with Gasteiger partial charge in [0.1, 0.15) is 11.5 Å². The van der Waals surface area contributed by atoms with Crippen LogP contribution in [-0.2, 0) is 0 Å². The number of rotatable bonds is 8. The Balaban J connectivity index is 2.02. The van der Waals surface area contributed by atoms with Gasteiger partial charge in [0.15, 0.2) is 5.01 Å². The number of hydrogen-bond acceptors (Lipinski definition) is 7. The average Bonchev–Trinajstić information content (AvgIpc) is 3.23. The summed E-state index contributed by atoms with van der Waals surface area (Å²) in [6.07, 6.45) is 5.75. The van der Waals surface area contributed by atoms with Gasteiger partial charge in [-0.05, 0) is 78.9 Å². The zero-order valence-corrected chi connectivity index (χ0v) is 22.8. The molecule has 2 aromatic heterocycles. The molecule has 3 heterocycles. The highest BCUT2D eigenvalue weighted by atomic mass is 32.1. The Kier molecular flexibility index (Phi) is 8.54. The quantitative estimate of drug-likeness (QED) is 0.487. The first-order valence-electron chi connectivity index (χ1n) is 12.5. The van der Waals surface area contributed by atoms with E-state index in [0.717, 1.165) is 42.6 Å². The molecule has 35 heavy (non-hydrogen) atoms. The van der Waals surface area contributed by atoms with Gasteiger partial charge in [-0.25, -0.2) is 9.97 Å². The van der Waals surface area contributed by atoms with E-state index in [1.54, 1.807) is 27.0 Å². The van der Waals surface area contributed by atoms with E-state index in [1.807, 2.05) is 17.9 Å². The van der Waals surface area contributed by atoms with E-state index in [2.05, 4.69) is 41.4 Å². The SMILES string of the molecule is CC[C@@H](C)Nc1cc(C)c(-c2sc(C(=O)N[C@@H](C)C(C)(C)O)nc2C(=O)N2CCCC[C@@H]2C)cn1. The molecule has 0 spiro atoms. The summed E-state index contributed by atoms with van der Waals surface area (Å²) in [7, 11) is 0. The predicted molar refractivity (Wildman–Crippen MR) is 141 cm³/mol. The van der Waals surface area contributed by atoms with Crippen LogP contribution in [0, 0.1) is 6.92 Å². The van der Waals surface area contributed by atoms with Gasteiger partial charge >= 0.3 is 0 Å². The molecular weight excluding hydrogens is 462 g/mol. The van der Waals surface area contributed by atoms with E-state index in [-0.39, 0.29) is 22.7 Å². The molecule has 1 aliphatic rings. The molecule has 2 aromatic rings. The summed E-state index contributed by atoms with van der Waals surface area (Å²) < 4.78 is 0. The van der Waals surface area contributed by atoms with Crippen LogP contribution in [-0.4, -0.2) is 62.1 Å². The highest BCUT2D eigenvalue weighted by molar-refractivity contribution is 7.17. The second-order valence-corrected chi connectivity index (χ2v) is 11.2. The maximum atomic E-state index is 13.6. The summed E-state index contributed by atoms with van der Waals surface area (Å²) in [6.45, 7) is 14.0. The number of carbonyl (C=O) groups is 2. The van der Waals surface area contributed by atoms with Crippen LogP contribution in [0.1, 0.15) is 93.1 Å². The van der Waals surface area contributed by atoms with Crippen molar-refractivity contribution < 1.29 is 14.7 Å². The number of carbonyl (C=O) groups excluding carboxylic acids is 2. The number of pyridine rings is 1. The molecule has 0 aliphatic carbocycles. The Labute approximate surface area is 212 Å². The van der Waals surface area contributed by atoms with E-state index < -0.39 is 17.6 Å². The number of amides is 2. The van der Waals surface area contributed by atoms with Crippen molar-refractivity contribution in [3.05, 3.63) is 28.5 Å². The predicted octanol–water partition coefficient (Wildman–Crippen LogP) is 4.63. The Bertz CT molecular complexity index is 1060. The Morgan fingerprint density at radius 3 is 2.63 bits per heavy atom. The van der Waals surface area contributed by atoms with Gasteiger partial charge in [-0.2, -0.15) is 0 Å². The van der Waals surface area contributed by atoms with Crippen molar-refractivity contribution in [3.63, 3.8) is 0 Å². The molecule has 0 aromatic carbocycles. The molecule has 1 aliphatic heterocycles. The van der Waals surface area contributed by atoms with Crippen molar-refractivity contribution in [1.82, 2.24) is 20.2 Å². The summed E-state index contributed by atoms with van der Waals surface area (Å²) in [5.74, 6) is 0.219. The van der Waals surface area contributed by atoms with Gasteiger partial charge in [-0.15, -0.1) is 11.3 Å². The van der Waals surface area contributed by atoms with Gasteiger partial charge in [-0.3, -0.25) is 9.59 Å². The third kappa shape index (κ3) is 6.38. The van der Waals surface area contributed by atoms with E-state index in [0.29, 0.717) is 17.5 Å². The van der Waals surface area contributed by atoms with Gasteiger partial charge in [0.25, 0.3) is 11.8 Å². The van der Waals surface area contributed by atoms with Gasteiger partial charge in [0, 0.05) is 30.4 Å². The Hall–Kier alpha value is -2.52. The van der Waals surface area contributed by atoms with Crippen molar-refractivity contribution in [2.75, 3.05) is 11.9 Å². The minimum absolute atomic E-state index is 0.125. The van der Waals surface area contributed by atoms with E-state index in [4.69, 9.17) is 0 Å². The maximum absolute atomic E-state index is 13.6. The molecule has 1 saturated heterocycles. The summed E-state index contributed by atoms with van der Waals surface area (Å²) >= 11 is 1.19. The number of hydrogen-bond donors (Lipinski definition) is 3. The van der Waals surface area contributed by atoms with Crippen molar-refractivity contribution in [1.29, 1.82) is 0 Å². The van der Waals surface area contributed by atoms with Crippen molar-refractivity contribution in [3.8, 4) is 10.4 Å². The topological polar surface area (TPSA) is 107 Å². The summed E-state index contributed by atoms with van der Waals surface area (Å²) in [4.78, 5) is 38.3. The third-order valence-corrected chi connectivity index (χ3v) is 7.94. The molecule has 3 N–H and O–H groups in total. The number of aliphatic hydroxyl groups is 1. The molecular formula is C26H39N5O3S. The van der Waals surface area contributed by atoms with E-state index in [9.17, 15) is 14.7 Å². The first kappa shape index (κ1) is 27.1. The summed E-state index contributed by atoms with van der Waals surface area (Å²) in [5.41, 5.74) is 0.945. The largest absolute Gasteiger partial charge is 0.388 e. The van der Waals surface area contributed by atoms with Gasteiger partial charge in [0.05, 0.1) is 16.5 Å². The molecule has 0 radical (unpaired) electrons. The lowest BCUT2D eigenvalue weighted by atomic mass is 10.0. The number of anilines is 1. The van der Waals surface area contributed by atoms with Crippen molar-refractivity contribution in [2.45, 2.75) is 97.9 Å². The van der Waals surface area contributed by atoms with Crippen LogP contribution in [0.5, 0.6) is 0 Å². The lowest BCUT2D eigenvalue weighted by Gasteiger charge is -2.33. The van der Waals surface area contributed by atoms with Crippen LogP contribution in [0.15, 0.2) is 12.3 Å². The molecule has 2 amide bonds. The zero-order chi connectivity index (χ0) is 25.9. The standard InChI is InChI=1S/C26H39N5O3S/c1-8-16(3)28-20-13-15(2)19(14-27-20)22-21(25(33)31-12-10-9-11-17(31)4)30-24(35-22)23(32)29-18(5)26(6,7)34/h13-14,16-18,34H,8-12H2,1-7H3,(H,27,28)(H,29,32)/t16-,17+,18+/m1/s1. The van der Waals surface area contributed by atoms with Gasteiger partial charge in [-0.1, -0.05) is 6.92 Å². The molecule has 0 unspecified atom stereocenters. The molecule has 3 atom stereocenters. The highest BCUT2D eigenvalue weighted by Gasteiger charge is 2.32. The molecule has 1 fully saturated rings. The molecule has 0 saturated carbocycles. The lowest BCUT2D eigenvalue weighted by molar-refractivity contribution is 0.0408. The van der Waals surface area contributed by atoms with Gasteiger partial charge in [0.2, 0.25) is 0 Å². The average molecular weight is 502 g/mol. The second kappa shape index (κ2) is 11.0. The number of nitrogens with zero attached hydrogens (tertiary/aromatic N) is 3. The normalized spacial score (nSPS) is 18.2. The summed E-state index contributed by atoms with van der Waals surface area (Å²) in [5, 5.41) is 16.6. The fourth-order valence-electron chi connectivity index (χ4n) is 3.94. The minimum atomic E-state index is -1.09. The fraction of sp³-hybridized carbons (Fsp3) is 0.615. The van der Waals surface area contributed by atoms with Crippen molar-refractivity contribution >= 4 is 29.0 Å². The molecule has 3 rings (SSSR count). The van der Waals surface area contributed by atoms with Crippen LogP contribution < -0.4 is 10.6 Å². The van der Waals surface area contributed by atoms with Crippen LogP contribution in [0.25, 0.3) is 10.4 Å². The Morgan fingerprint density at radius 1 is 1.31 bits per heavy atom. The fourth-order valence-corrected chi connectivity index (χ4v) is 4.98. The third-order valence-electron chi connectivity index (χ3n) is 6.86. The van der Waals surface area contributed by atoms with Crippen LogP contribution >= 0.6 is 11.3 Å². The first-order chi connectivity index (χ1) is 16.4. The number of thiazole rings is 1. The molecule has 8 nitrogen and oxygen atoms in total. The lowest BCUT2D eigenvalue weighted by Crippen LogP contribution is -2.47. The second-order valence-electron chi connectivity index (χ2n) is 10.2. The van der Waals surface area contributed by atoms with E-state index in [1.165, 1.54) is 11.3 Å². The molecule has 0 bridgehead atoms. The minimum Gasteiger partial charge on any atom is -0.388 e. The zero-order valence-electron chi connectivity index (χ0n) is 21.9. The molecule has 9 heteroatoms. The van der Waals surface area contributed by atoms with Gasteiger partial charge < -0.3 is 20.6 Å². The number of likely N-dealkylation sites (tertiary alicyclic amines) is 1. The molecule has 192 valence electrons. The highest BCUT2D eigenvalue weighted by Crippen LogP contribution is 2.35. The van der Waals surface area contributed by atoms with E-state index >= 15 is 0 Å². The smallest absolute Gasteiger partial charge is 0.280 e. The van der Waals surface area contributed by atoms with Crippen LogP contribution in [0.4, 0.5) is 5.82 Å². The van der Waals surface area contributed by atoms with Crippen LogP contribution in [0.2, 0.25) is 0 Å². The van der Waals surface area contributed by atoms with Crippen LogP contribution in [0.3, 0.4) is 0 Å². The number of nitrogens with one attached hydrogen (secondary N) is 2.